The Morgan fingerprint density at radius 3 is 2.51 bits per heavy atom. The van der Waals surface area contributed by atoms with Crippen molar-refractivity contribution >= 4 is 23.0 Å². The second-order valence-electron chi connectivity index (χ2n) is 8.72. The van der Waals surface area contributed by atoms with Crippen LogP contribution in [0.2, 0.25) is 0 Å². The molecule has 2 aliphatic heterocycles. The molecule has 0 amide bonds. The summed E-state index contributed by atoms with van der Waals surface area (Å²) < 4.78 is 39.8. The van der Waals surface area contributed by atoms with E-state index in [0.717, 1.165) is 17.0 Å². The van der Waals surface area contributed by atoms with E-state index < -0.39 is 11.0 Å². The molecule has 0 radical (unpaired) electrons. The second-order valence-corrected chi connectivity index (χ2v) is 9.79. The predicted octanol–water partition coefficient (Wildman–Crippen LogP) is 3.97. The largest absolute Gasteiger partial charge is 0.493 e. The fraction of sp³-hybridized carbons (Fsp3) is 0.345. The van der Waals surface area contributed by atoms with E-state index >= 15 is 0 Å². The van der Waals surface area contributed by atoms with Gasteiger partial charge in [0.25, 0.3) is 5.90 Å². The van der Waals surface area contributed by atoms with Crippen molar-refractivity contribution in [1.29, 1.82) is 0 Å². The number of morpholine rings is 1. The molecule has 2 aromatic carbocycles. The number of ether oxygens (including phenoxy) is 4. The van der Waals surface area contributed by atoms with Crippen molar-refractivity contribution in [3.8, 4) is 11.5 Å². The van der Waals surface area contributed by atoms with Gasteiger partial charge >= 0.3 is 0 Å². The number of aliphatic hydroxyl groups is 1. The van der Waals surface area contributed by atoms with E-state index in [0.29, 0.717) is 56.3 Å². The lowest BCUT2D eigenvalue weighted by molar-refractivity contribution is 0.0523. The van der Waals surface area contributed by atoms with Gasteiger partial charge in [0, 0.05) is 24.9 Å². The zero-order valence-electron chi connectivity index (χ0n) is 22.3. The zero-order chi connectivity index (χ0) is 27.5. The van der Waals surface area contributed by atoms with Crippen LogP contribution in [0, 0.1) is 0 Å². The minimum atomic E-state index is -1.58. The minimum Gasteiger partial charge on any atom is -0.493 e. The fourth-order valence-corrected chi connectivity index (χ4v) is 4.94. The Hall–Kier alpha value is -3.60. The van der Waals surface area contributed by atoms with Crippen LogP contribution in [-0.2, 0) is 20.5 Å². The summed E-state index contributed by atoms with van der Waals surface area (Å²) in [6.07, 6.45) is 2.92. The highest BCUT2D eigenvalue weighted by atomic mass is 32.2. The summed E-state index contributed by atoms with van der Waals surface area (Å²) in [5.41, 5.74) is 2.52. The van der Waals surface area contributed by atoms with Gasteiger partial charge in [0.15, 0.2) is 11.5 Å². The molecule has 0 saturated carbocycles. The molecular weight excluding hydrogens is 518 g/mol. The van der Waals surface area contributed by atoms with Gasteiger partial charge in [0.1, 0.15) is 23.4 Å². The Morgan fingerprint density at radius 1 is 1.10 bits per heavy atom. The molecular formula is C29H35N3O6S. The molecule has 2 heterocycles. The monoisotopic (exact) mass is 553 g/mol. The maximum absolute atomic E-state index is 13.3. The van der Waals surface area contributed by atoms with E-state index in [1.165, 1.54) is 0 Å². The fourth-order valence-electron chi connectivity index (χ4n) is 4.18. The number of hydrogen-bond donors (Lipinski definition) is 2. The van der Waals surface area contributed by atoms with Crippen molar-refractivity contribution in [2.45, 2.75) is 19.8 Å². The molecule has 1 atom stereocenters. The number of benzene rings is 2. The summed E-state index contributed by atoms with van der Waals surface area (Å²) in [4.78, 5) is 7.09. The lowest BCUT2D eigenvalue weighted by Gasteiger charge is -2.30. The summed E-state index contributed by atoms with van der Waals surface area (Å²) >= 11 is 0. The number of methoxy groups -OCH3 is 1. The van der Waals surface area contributed by atoms with Gasteiger partial charge in [-0.25, -0.2) is 4.21 Å². The third-order valence-corrected chi connectivity index (χ3v) is 6.97. The van der Waals surface area contributed by atoms with Gasteiger partial charge in [-0.15, -0.1) is 0 Å². The van der Waals surface area contributed by atoms with Crippen LogP contribution in [0.5, 0.6) is 11.5 Å². The first-order valence-electron chi connectivity index (χ1n) is 12.9. The zero-order valence-corrected chi connectivity index (χ0v) is 23.1. The number of rotatable bonds is 11. The molecule has 4 rings (SSSR count). The first-order valence-corrected chi connectivity index (χ1v) is 14.2. The Bertz CT molecular complexity index is 1250. The molecule has 10 heteroatoms. The SMILES string of the molecule is CCC1=C(N2CCOCC2)N=C(OCCO)C(Oc2ccccc2OC)=C(NS(=O)/C=C/c2ccccc2)C1. The minimum absolute atomic E-state index is 0.0136. The molecule has 1 unspecified atom stereocenters. The van der Waals surface area contributed by atoms with Gasteiger partial charge < -0.3 is 33.7 Å². The summed E-state index contributed by atoms with van der Waals surface area (Å²) in [5, 5.41) is 11.2. The van der Waals surface area contributed by atoms with Crippen molar-refractivity contribution in [1.82, 2.24) is 9.62 Å². The number of allylic oxidation sites excluding steroid dienone is 1. The number of nitrogens with zero attached hydrogens (tertiary/aromatic N) is 2. The standard InChI is InChI=1S/C29H35N3O6S/c1-3-23-21-24(31-39(34)20-13-22-9-5-4-6-10-22)27(38-26-12-8-7-11-25(26)35-2)29(37-19-16-33)30-28(23)32-14-17-36-18-15-32/h4-13,20,31,33H,3,14-19,21H2,1-2H3/b20-13+. The third kappa shape index (κ3) is 7.72. The molecule has 2 N–H and O–H groups in total. The van der Waals surface area contributed by atoms with E-state index in [4.69, 9.17) is 23.9 Å². The second kappa shape index (κ2) is 14.5. The summed E-state index contributed by atoms with van der Waals surface area (Å²) in [7, 11) is -0.0147. The van der Waals surface area contributed by atoms with Gasteiger partial charge in [0.05, 0.1) is 32.6 Å². The highest BCUT2D eigenvalue weighted by molar-refractivity contribution is 7.86. The molecule has 2 aromatic rings. The summed E-state index contributed by atoms with van der Waals surface area (Å²) in [6.45, 7) is 4.45. The van der Waals surface area contributed by atoms with Crippen molar-refractivity contribution < 1.29 is 28.3 Å². The van der Waals surface area contributed by atoms with Crippen LogP contribution in [0.25, 0.3) is 6.08 Å². The van der Waals surface area contributed by atoms with Crippen LogP contribution in [0.1, 0.15) is 25.3 Å². The average molecular weight is 554 g/mol. The number of aliphatic hydroxyl groups excluding tert-OH is 1. The van der Waals surface area contributed by atoms with Crippen LogP contribution in [0.3, 0.4) is 0 Å². The Kier molecular flexibility index (Phi) is 10.6. The molecule has 0 bridgehead atoms. The first kappa shape index (κ1) is 28.4. The molecule has 0 aliphatic carbocycles. The molecule has 208 valence electrons. The van der Waals surface area contributed by atoms with Gasteiger partial charge in [-0.1, -0.05) is 49.4 Å². The predicted molar refractivity (Wildman–Crippen MR) is 152 cm³/mol. The van der Waals surface area contributed by atoms with Crippen LogP contribution in [0.15, 0.2) is 87.8 Å². The van der Waals surface area contributed by atoms with Crippen molar-refractivity contribution in [2.24, 2.45) is 4.99 Å². The van der Waals surface area contributed by atoms with Gasteiger partial charge in [-0.05, 0) is 35.8 Å². The number of hydrogen-bond acceptors (Lipinski definition) is 8. The molecule has 0 spiro atoms. The van der Waals surface area contributed by atoms with Crippen molar-refractivity contribution in [2.75, 3.05) is 46.6 Å². The number of para-hydroxylation sites is 2. The molecule has 2 aliphatic rings. The van der Waals surface area contributed by atoms with E-state index in [1.54, 1.807) is 30.7 Å². The molecule has 0 aromatic heterocycles. The topological polar surface area (TPSA) is 102 Å². The maximum Gasteiger partial charge on any atom is 0.261 e. The normalized spacial score (nSPS) is 17.1. The van der Waals surface area contributed by atoms with Gasteiger partial charge in [0.2, 0.25) is 5.76 Å². The van der Waals surface area contributed by atoms with E-state index in [9.17, 15) is 9.32 Å². The molecule has 1 fully saturated rings. The molecule has 39 heavy (non-hydrogen) atoms. The van der Waals surface area contributed by atoms with Crippen LogP contribution in [0.4, 0.5) is 0 Å². The van der Waals surface area contributed by atoms with Gasteiger partial charge in [-0.3, -0.25) is 0 Å². The van der Waals surface area contributed by atoms with Crippen molar-refractivity contribution in [3.63, 3.8) is 0 Å². The average Bonchev–Trinajstić information content (AvgIpc) is 3.12. The lowest BCUT2D eigenvalue weighted by atomic mass is 10.1. The van der Waals surface area contributed by atoms with E-state index in [2.05, 4.69) is 16.5 Å². The molecule has 9 nitrogen and oxygen atoms in total. The third-order valence-electron chi connectivity index (χ3n) is 6.14. The Labute approximate surface area is 232 Å². The quantitative estimate of drug-likeness (QED) is 0.434. The maximum atomic E-state index is 13.3. The number of aliphatic imine (C=N–C) groups is 1. The van der Waals surface area contributed by atoms with E-state index in [-0.39, 0.29) is 24.9 Å². The van der Waals surface area contributed by atoms with Crippen LogP contribution in [-0.4, -0.2) is 66.7 Å². The Balaban J connectivity index is 1.77. The highest BCUT2D eigenvalue weighted by Gasteiger charge is 2.29. The van der Waals surface area contributed by atoms with Crippen LogP contribution >= 0.6 is 0 Å². The van der Waals surface area contributed by atoms with Gasteiger partial charge in [-0.2, -0.15) is 4.99 Å². The Morgan fingerprint density at radius 2 is 1.82 bits per heavy atom. The van der Waals surface area contributed by atoms with E-state index in [1.807, 2.05) is 42.5 Å². The first-order chi connectivity index (χ1) is 19.1. The number of nitrogens with one attached hydrogen (secondary N) is 1. The smallest absolute Gasteiger partial charge is 0.261 e. The summed E-state index contributed by atoms with van der Waals surface area (Å²) in [6, 6.07) is 16.9. The highest BCUT2D eigenvalue weighted by Crippen LogP contribution is 2.33. The molecule has 1 saturated heterocycles. The lowest BCUT2D eigenvalue weighted by Crippen LogP contribution is -2.36. The van der Waals surface area contributed by atoms with Crippen molar-refractivity contribution in [3.05, 3.63) is 88.4 Å². The van der Waals surface area contributed by atoms with Crippen LogP contribution < -0.4 is 14.2 Å². The summed E-state index contributed by atoms with van der Waals surface area (Å²) in [5.74, 6) is 2.22.